The molecule has 0 unspecified atom stereocenters. The molecule has 0 spiro atoms. The van der Waals surface area contributed by atoms with Crippen LogP contribution in [0.4, 0.5) is 17.6 Å². The highest BCUT2D eigenvalue weighted by atomic mass is 19.4. The number of Topliss-reactive ketones (excluding diaryl/α,β-unsaturated/α-hetero) is 2. The Morgan fingerprint density at radius 1 is 0.840 bits per heavy atom. The normalized spacial score (nSPS) is 16.3. The van der Waals surface area contributed by atoms with E-state index in [1.54, 1.807) is 6.07 Å². The lowest BCUT2D eigenvalue weighted by Gasteiger charge is -2.22. The summed E-state index contributed by atoms with van der Waals surface area (Å²) in [5, 5.41) is 0. The molecule has 0 N–H and O–H groups in total. The Morgan fingerprint density at radius 3 is 2.00 bits per heavy atom. The van der Waals surface area contributed by atoms with Crippen LogP contribution in [0.5, 0.6) is 0 Å². The van der Waals surface area contributed by atoms with E-state index in [0.717, 1.165) is 12.1 Å². The highest BCUT2D eigenvalue weighted by Gasteiger charge is 2.33. The number of rotatable bonds is 2. The molecule has 1 aliphatic carbocycles. The van der Waals surface area contributed by atoms with Crippen LogP contribution in [0.3, 0.4) is 0 Å². The van der Waals surface area contributed by atoms with Crippen LogP contribution >= 0.6 is 0 Å². The average Bonchev–Trinajstić information content (AvgIpc) is 2.53. The summed E-state index contributed by atoms with van der Waals surface area (Å²) >= 11 is 0. The van der Waals surface area contributed by atoms with Crippen molar-refractivity contribution in [1.82, 2.24) is 0 Å². The molecule has 0 aromatic heterocycles. The van der Waals surface area contributed by atoms with Gasteiger partial charge < -0.3 is 0 Å². The van der Waals surface area contributed by atoms with Crippen LogP contribution in [0.2, 0.25) is 0 Å². The lowest BCUT2D eigenvalue weighted by molar-refractivity contribution is -0.137. The van der Waals surface area contributed by atoms with Crippen LogP contribution in [-0.2, 0) is 15.8 Å². The van der Waals surface area contributed by atoms with Gasteiger partial charge in [0.05, 0.1) is 12.0 Å². The topological polar surface area (TPSA) is 34.1 Å². The smallest absolute Gasteiger partial charge is 0.299 e. The van der Waals surface area contributed by atoms with Crippen molar-refractivity contribution in [2.45, 2.75) is 31.4 Å². The number of benzene rings is 2. The largest absolute Gasteiger partial charge is 0.416 e. The number of alkyl halides is 3. The SMILES string of the molecule is O=C1CC(=O)CC(c2cc(-c3ccc(F)cc3)cc(C(F)(F)F)c2)C1. The molecule has 0 saturated heterocycles. The maximum absolute atomic E-state index is 13.3. The Labute approximate surface area is 141 Å². The first-order valence-electron chi connectivity index (χ1n) is 7.74. The molecule has 6 heteroatoms. The van der Waals surface area contributed by atoms with Gasteiger partial charge in [0.15, 0.2) is 0 Å². The monoisotopic (exact) mass is 350 g/mol. The van der Waals surface area contributed by atoms with Crippen LogP contribution in [0.1, 0.15) is 36.3 Å². The fourth-order valence-corrected chi connectivity index (χ4v) is 3.08. The first-order chi connectivity index (χ1) is 11.7. The molecule has 0 bridgehead atoms. The molecule has 0 atom stereocenters. The molecule has 0 amide bonds. The Balaban J connectivity index is 2.08. The number of hydrogen-bond acceptors (Lipinski definition) is 2. The van der Waals surface area contributed by atoms with Crippen LogP contribution in [0.15, 0.2) is 42.5 Å². The first kappa shape index (κ1) is 17.3. The first-order valence-corrected chi connectivity index (χ1v) is 7.74. The summed E-state index contributed by atoms with van der Waals surface area (Å²) in [4.78, 5) is 23.3. The molecule has 3 rings (SSSR count). The van der Waals surface area contributed by atoms with Crippen molar-refractivity contribution in [1.29, 1.82) is 0 Å². The van der Waals surface area contributed by atoms with Crippen molar-refractivity contribution in [3.8, 4) is 11.1 Å². The van der Waals surface area contributed by atoms with Gasteiger partial charge in [-0.1, -0.05) is 18.2 Å². The summed E-state index contributed by atoms with van der Waals surface area (Å²) in [6, 6.07) is 8.65. The van der Waals surface area contributed by atoms with Crippen molar-refractivity contribution in [3.63, 3.8) is 0 Å². The van der Waals surface area contributed by atoms with E-state index >= 15 is 0 Å². The molecule has 1 aliphatic rings. The third-order valence-electron chi connectivity index (χ3n) is 4.27. The van der Waals surface area contributed by atoms with E-state index < -0.39 is 23.5 Å². The van der Waals surface area contributed by atoms with Crippen molar-refractivity contribution in [2.24, 2.45) is 0 Å². The quantitative estimate of drug-likeness (QED) is 0.569. The van der Waals surface area contributed by atoms with Gasteiger partial charge >= 0.3 is 6.18 Å². The molecule has 1 saturated carbocycles. The van der Waals surface area contributed by atoms with Crippen molar-refractivity contribution < 1.29 is 27.2 Å². The van der Waals surface area contributed by atoms with Gasteiger partial charge in [0.25, 0.3) is 0 Å². The van der Waals surface area contributed by atoms with E-state index in [0.29, 0.717) is 11.1 Å². The number of hydrogen-bond donors (Lipinski definition) is 0. The number of ketones is 2. The molecule has 0 heterocycles. The zero-order valence-corrected chi connectivity index (χ0v) is 13.1. The van der Waals surface area contributed by atoms with E-state index in [9.17, 15) is 27.2 Å². The zero-order valence-electron chi connectivity index (χ0n) is 13.1. The summed E-state index contributed by atoms with van der Waals surface area (Å²) in [5.41, 5.74) is 0.155. The number of carbonyl (C=O) groups is 2. The van der Waals surface area contributed by atoms with Crippen LogP contribution in [0, 0.1) is 5.82 Å². The summed E-state index contributed by atoms with van der Waals surface area (Å²) in [6.45, 7) is 0. The third kappa shape index (κ3) is 3.95. The lowest BCUT2D eigenvalue weighted by atomic mass is 9.81. The standard InChI is InChI=1S/C19H14F4O2/c20-16-3-1-11(2-4-16)12-5-13(7-15(6-12)19(21,22)23)14-8-17(24)10-18(25)9-14/h1-7,14H,8-10H2. The summed E-state index contributed by atoms with van der Waals surface area (Å²) < 4.78 is 52.8. The highest BCUT2D eigenvalue weighted by molar-refractivity contribution is 6.02. The molecule has 0 aliphatic heterocycles. The van der Waals surface area contributed by atoms with Crippen LogP contribution in [0.25, 0.3) is 11.1 Å². The van der Waals surface area contributed by atoms with Gasteiger partial charge in [-0.3, -0.25) is 9.59 Å². The van der Waals surface area contributed by atoms with Crippen molar-refractivity contribution >= 4 is 11.6 Å². The molecule has 2 aromatic rings. The molecule has 1 fully saturated rings. The molecule has 25 heavy (non-hydrogen) atoms. The van der Waals surface area contributed by atoms with Crippen molar-refractivity contribution in [2.75, 3.05) is 0 Å². The Kier molecular flexibility index (Phi) is 4.45. The second kappa shape index (κ2) is 6.43. The van der Waals surface area contributed by atoms with E-state index in [4.69, 9.17) is 0 Å². The maximum Gasteiger partial charge on any atom is 0.416 e. The lowest BCUT2D eigenvalue weighted by Crippen LogP contribution is -2.21. The summed E-state index contributed by atoms with van der Waals surface area (Å²) in [5.74, 6) is -1.57. The van der Waals surface area contributed by atoms with E-state index in [1.165, 1.54) is 24.3 Å². The van der Waals surface area contributed by atoms with Gasteiger partial charge in [0.1, 0.15) is 17.4 Å². The van der Waals surface area contributed by atoms with Gasteiger partial charge in [0, 0.05) is 12.8 Å². The highest BCUT2D eigenvalue weighted by Crippen LogP contribution is 2.38. The second-order valence-corrected chi connectivity index (χ2v) is 6.21. The van der Waals surface area contributed by atoms with Crippen LogP contribution in [-0.4, -0.2) is 11.6 Å². The molecular weight excluding hydrogens is 336 g/mol. The third-order valence-corrected chi connectivity index (χ3v) is 4.27. The van der Waals surface area contributed by atoms with E-state index in [-0.39, 0.29) is 36.4 Å². The van der Waals surface area contributed by atoms with Gasteiger partial charge in [0.2, 0.25) is 0 Å². The van der Waals surface area contributed by atoms with Gasteiger partial charge in [-0.05, 0) is 46.9 Å². The number of carbonyl (C=O) groups excluding carboxylic acids is 2. The minimum atomic E-state index is -4.56. The Hall–Kier alpha value is -2.50. The molecule has 130 valence electrons. The maximum atomic E-state index is 13.3. The van der Waals surface area contributed by atoms with Crippen molar-refractivity contribution in [3.05, 3.63) is 59.4 Å². The average molecular weight is 350 g/mol. The molecule has 2 nitrogen and oxygen atoms in total. The van der Waals surface area contributed by atoms with E-state index in [1.807, 2.05) is 0 Å². The summed E-state index contributed by atoms with van der Waals surface area (Å²) in [6.07, 6.45) is -4.61. The molecule has 2 aromatic carbocycles. The van der Waals surface area contributed by atoms with Gasteiger partial charge in [-0.25, -0.2) is 4.39 Å². The molecule has 0 radical (unpaired) electrons. The summed E-state index contributed by atoms with van der Waals surface area (Å²) in [7, 11) is 0. The van der Waals surface area contributed by atoms with Gasteiger partial charge in [-0.2, -0.15) is 13.2 Å². The molecular formula is C19H14F4O2. The predicted octanol–water partition coefficient (Wildman–Crippen LogP) is 4.92. The minimum absolute atomic E-state index is 0.0515. The van der Waals surface area contributed by atoms with Gasteiger partial charge in [-0.15, -0.1) is 0 Å². The Bertz CT molecular complexity index is 806. The fraction of sp³-hybridized carbons (Fsp3) is 0.263. The fourth-order valence-electron chi connectivity index (χ4n) is 3.08. The van der Waals surface area contributed by atoms with E-state index in [2.05, 4.69) is 0 Å². The zero-order chi connectivity index (χ0) is 18.2. The Morgan fingerprint density at radius 2 is 1.44 bits per heavy atom. The minimum Gasteiger partial charge on any atom is -0.299 e. The number of halogens is 4. The van der Waals surface area contributed by atoms with Crippen LogP contribution < -0.4 is 0 Å². The predicted molar refractivity (Wildman–Crippen MR) is 83.4 cm³/mol. The second-order valence-electron chi connectivity index (χ2n) is 6.21.